The van der Waals surface area contributed by atoms with Crippen molar-refractivity contribution in [1.82, 2.24) is 0 Å². The number of ether oxygens (including phenoxy) is 1. The number of fused-ring (bicyclic) bond motifs is 3. The zero-order valence-corrected chi connectivity index (χ0v) is 7.21. The van der Waals surface area contributed by atoms with Crippen LogP contribution in [0.2, 0.25) is 0 Å². The van der Waals surface area contributed by atoms with Crippen molar-refractivity contribution < 1.29 is 9.66 Å². The van der Waals surface area contributed by atoms with E-state index in [9.17, 15) is 10.1 Å². The van der Waals surface area contributed by atoms with E-state index < -0.39 is 0 Å². The highest BCUT2D eigenvalue weighted by Crippen LogP contribution is 2.46. The minimum atomic E-state index is -0.355. The van der Waals surface area contributed by atoms with E-state index in [0.717, 1.165) is 5.56 Å². The van der Waals surface area contributed by atoms with Crippen LogP contribution in [-0.4, -0.2) is 11.0 Å². The third kappa shape index (κ3) is 0.914. The summed E-state index contributed by atoms with van der Waals surface area (Å²) < 4.78 is 5.33. The molecule has 2 aliphatic rings. The Morgan fingerprint density at radius 2 is 2.29 bits per heavy atom. The van der Waals surface area contributed by atoms with Crippen LogP contribution in [-0.2, 0) is 4.74 Å². The maximum absolute atomic E-state index is 10.7. The lowest BCUT2D eigenvalue weighted by atomic mass is 9.96. The van der Waals surface area contributed by atoms with Crippen LogP contribution in [0.3, 0.4) is 0 Å². The highest BCUT2D eigenvalue weighted by Gasteiger charge is 2.43. The lowest BCUT2D eigenvalue weighted by Gasteiger charge is -2.06. The van der Waals surface area contributed by atoms with Crippen molar-refractivity contribution in [1.29, 1.82) is 0 Å². The van der Waals surface area contributed by atoms with Crippen LogP contribution >= 0.6 is 0 Å². The SMILES string of the molecule is O=[N+]([O-])c1cccc2c1C=CC1OC21. The number of rotatable bonds is 1. The van der Waals surface area contributed by atoms with Crippen LogP contribution < -0.4 is 0 Å². The van der Waals surface area contributed by atoms with Crippen molar-refractivity contribution in [3.63, 3.8) is 0 Å². The minimum absolute atomic E-state index is 0.0508. The van der Waals surface area contributed by atoms with Crippen LogP contribution in [0.4, 0.5) is 5.69 Å². The number of epoxide rings is 1. The summed E-state index contributed by atoms with van der Waals surface area (Å²) in [6, 6.07) is 5.11. The van der Waals surface area contributed by atoms with E-state index in [1.54, 1.807) is 12.1 Å². The molecule has 1 fully saturated rings. The molecule has 1 aliphatic carbocycles. The Morgan fingerprint density at radius 1 is 1.43 bits per heavy atom. The topological polar surface area (TPSA) is 55.7 Å². The molecule has 70 valence electrons. The van der Waals surface area contributed by atoms with E-state index >= 15 is 0 Å². The Bertz CT molecular complexity index is 453. The second kappa shape index (κ2) is 2.42. The molecule has 1 saturated heterocycles. The van der Waals surface area contributed by atoms with Gasteiger partial charge in [-0.15, -0.1) is 0 Å². The predicted octanol–water partition coefficient (Wildman–Crippen LogP) is 2.06. The average Bonchev–Trinajstić information content (AvgIpc) is 2.95. The molecular weight excluding hydrogens is 182 g/mol. The fourth-order valence-electron chi connectivity index (χ4n) is 1.87. The van der Waals surface area contributed by atoms with Crippen LogP contribution in [0.25, 0.3) is 6.08 Å². The standard InChI is InChI=1S/C10H7NO3/c12-11(13)8-3-1-2-7-6(8)4-5-9-10(7)14-9/h1-5,9-10H. The maximum atomic E-state index is 10.7. The molecule has 1 aromatic carbocycles. The molecule has 0 saturated carbocycles. The molecule has 0 amide bonds. The van der Waals surface area contributed by atoms with Gasteiger partial charge in [-0.3, -0.25) is 10.1 Å². The Labute approximate surface area is 80.0 Å². The molecule has 4 heteroatoms. The van der Waals surface area contributed by atoms with Gasteiger partial charge in [0, 0.05) is 6.07 Å². The molecule has 14 heavy (non-hydrogen) atoms. The average molecular weight is 189 g/mol. The first-order valence-electron chi connectivity index (χ1n) is 4.38. The smallest absolute Gasteiger partial charge is 0.276 e. The van der Waals surface area contributed by atoms with Crippen LogP contribution in [0.1, 0.15) is 17.2 Å². The summed E-state index contributed by atoms with van der Waals surface area (Å²) in [5.41, 5.74) is 1.79. The van der Waals surface area contributed by atoms with E-state index in [-0.39, 0.29) is 22.8 Å². The Hall–Kier alpha value is -1.68. The fraction of sp³-hybridized carbons (Fsp3) is 0.200. The molecule has 2 atom stereocenters. The second-order valence-corrected chi connectivity index (χ2v) is 3.42. The van der Waals surface area contributed by atoms with Crippen LogP contribution in [0.15, 0.2) is 24.3 Å². The number of nitrogens with zero attached hydrogens (tertiary/aromatic N) is 1. The molecule has 0 spiro atoms. The number of benzene rings is 1. The third-order valence-corrected chi connectivity index (χ3v) is 2.60. The van der Waals surface area contributed by atoms with Gasteiger partial charge >= 0.3 is 0 Å². The summed E-state index contributed by atoms with van der Waals surface area (Å²) in [6.07, 6.45) is 3.85. The van der Waals surface area contributed by atoms with E-state index in [4.69, 9.17) is 4.74 Å². The number of nitro groups is 1. The minimum Gasteiger partial charge on any atom is -0.360 e. The highest BCUT2D eigenvalue weighted by atomic mass is 16.6. The first-order valence-corrected chi connectivity index (χ1v) is 4.38. The summed E-state index contributed by atoms with van der Waals surface area (Å²) in [5, 5.41) is 10.7. The zero-order valence-electron chi connectivity index (χ0n) is 7.21. The van der Waals surface area contributed by atoms with Gasteiger partial charge in [-0.2, -0.15) is 0 Å². The monoisotopic (exact) mass is 189 g/mol. The normalized spacial score (nSPS) is 26.6. The van der Waals surface area contributed by atoms with Crippen LogP contribution in [0.5, 0.6) is 0 Å². The molecule has 3 rings (SSSR count). The largest absolute Gasteiger partial charge is 0.360 e. The van der Waals surface area contributed by atoms with Crippen molar-refractivity contribution in [3.8, 4) is 0 Å². The number of nitro benzene ring substituents is 1. The number of hydrogen-bond donors (Lipinski definition) is 0. The van der Waals surface area contributed by atoms with E-state index in [1.807, 2.05) is 12.1 Å². The summed E-state index contributed by atoms with van der Waals surface area (Å²) in [4.78, 5) is 10.4. The van der Waals surface area contributed by atoms with Crippen LogP contribution in [0, 0.1) is 10.1 Å². The quantitative estimate of drug-likeness (QED) is 0.386. The summed E-state index contributed by atoms with van der Waals surface area (Å²) >= 11 is 0. The van der Waals surface area contributed by atoms with Gasteiger partial charge in [0.25, 0.3) is 5.69 Å². The first-order chi connectivity index (χ1) is 6.77. The van der Waals surface area contributed by atoms with Crippen molar-refractivity contribution in [3.05, 3.63) is 45.5 Å². The molecule has 0 aromatic heterocycles. The van der Waals surface area contributed by atoms with E-state index in [0.29, 0.717) is 5.56 Å². The van der Waals surface area contributed by atoms with Gasteiger partial charge in [-0.05, 0) is 11.6 Å². The fourth-order valence-corrected chi connectivity index (χ4v) is 1.87. The highest BCUT2D eigenvalue weighted by molar-refractivity contribution is 5.68. The molecule has 4 nitrogen and oxygen atoms in total. The lowest BCUT2D eigenvalue weighted by molar-refractivity contribution is -0.385. The van der Waals surface area contributed by atoms with E-state index in [1.165, 1.54) is 6.07 Å². The number of hydrogen-bond acceptors (Lipinski definition) is 3. The van der Waals surface area contributed by atoms with Crippen molar-refractivity contribution in [2.75, 3.05) is 0 Å². The summed E-state index contributed by atoms with van der Waals surface area (Å²) in [7, 11) is 0. The van der Waals surface area contributed by atoms with Crippen molar-refractivity contribution in [2.24, 2.45) is 0 Å². The van der Waals surface area contributed by atoms with Gasteiger partial charge in [0.2, 0.25) is 0 Å². The molecule has 1 aromatic rings. The molecule has 0 radical (unpaired) electrons. The Kier molecular flexibility index (Phi) is 1.33. The lowest BCUT2D eigenvalue weighted by Crippen LogP contribution is -1.99. The van der Waals surface area contributed by atoms with Gasteiger partial charge in [0.1, 0.15) is 12.2 Å². The molecule has 0 bridgehead atoms. The zero-order chi connectivity index (χ0) is 9.71. The van der Waals surface area contributed by atoms with Crippen molar-refractivity contribution >= 4 is 11.8 Å². The molecule has 1 heterocycles. The second-order valence-electron chi connectivity index (χ2n) is 3.42. The molecule has 2 unspecified atom stereocenters. The summed E-state index contributed by atoms with van der Waals surface area (Å²) in [5.74, 6) is 0. The van der Waals surface area contributed by atoms with Crippen molar-refractivity contribution in [2.45, 2.75) is 12.2 Å². The predicted molar refractivity (Wildman–Crippen MR) is 49.7 cm³/mol. The van der Waals surface area contributed by atoms with Gasteiger partial charge in [-0.25, -0.2) is 0 Å². The Morgan fingerprint density at radius 3 is 3.07 bits per heavy atom. The van der Waals surface area contributed by atoms with Gasteiger partial charge in [0.05, 0.1) is 10.5 Å². The van der Waals surface area contributed by atoms with Gasteiger partial charge < -0.3 is 4.74 Å². The van der Waals surface area contributed by atoms with E-state index in [2.05, 4.69) is 0 Å². The molecule has 0 N–H and O–H groups in total. The third-order valence-electron chi connectivity index (χ3n) is 2.60. The summed E-state index contributed by atoms with van der Waals surface area (Å²) in [6.45, 7) is 0. The molecule has 1 aliphatic heterocycles. The Balaban J connectivity index is 2.22. The van der Waals surface area contributed by atoms with Gasteiger partial charge in [0.15, 0.2) is 0 Å². The molecular formula is C10H7NO3. The first kappa shape index (κ1) is 7.70. The maximum Gasteiger partial charge on any atom is 0.276 e. The van der Waals surface area contributed by atoms with Gasteiger partial charge in [-0.1, -0.05) is 18.2 Å².